The van der Waals surface area contributed by atoms with Gasteiger partial charge in [-0.05, 0) is 44.5 Å². The van der Waals surface area contributed by atoms with Crippen molar-refractivity contribution in [3.63, 3.8) is 0 Å². The zero-order chi connectivity index (χ0) is 15.2. The van der Waals surface area contributed by atoms with Crippen molar-refractivity contribution in [3.8, 4) is 0 Å². The number of benzene rings is 1. The average molecular weight is 298 g/mol. The van der Waals surface area contributed by atoms with E-state index >= 15 is 0 Å². The molecule has 0 aliphatic heterocycles. The molecule has 20 heavy (non-hydrogen) atoms. The predicted molar refractivity (Wildman–Crippen MR) is 83.1 cm³/mol. The van der Waals surface area contributed by atoms with Crippen LogP contribution in [0.15, 0.2) is 29.2 Å². The predicted octanol–water partition coefficient (Wildman–Crippen LogP) is 2.61. The molecule has 4 nitrogen and oxygen atoms in total. The largest absolute Gasteiger partial charge is 0.313 e. The highest BCUT2D eigenvalue weighted by molar-refractivity contribution is 7.89. The molecule has 1 rings (SSSR count). The summed E-state index contributed by atoms with van der Waals surface area (Å²) in [5.41, 5.74) is 1.10. The molecule has 0 saturated heterocycles. The van der Waals surface area contributed by atoms with Crippen LogP contribution in [-0.4, -0.2) is 31.9 Å². The minimum absolute atomic E-state index is 0.0316. The summed E-state index contributed by atoms with van der Waals surface area (Å²) < 4.78 is 26.5. The molecule has 0 aliphatic rings. The Labute approximate surface area is 123 Å². The Hall–Kier alpha value is -0.910. The number of nitrogens with zero attached hydrogens (tertiary/aromatic N) is 1. The summed E-state index contributed by atoms with van der Waals surface area (Å²) in [5, 5.41) is 3.30. The van der Waals surface area contributed by atoms with Crippen molar-refractivity contribution < 1.29 is 8.42 Å². The normalized spacial score (nSPS) is 12.3. The summed E-state index contributed by atoms with van der Waals surface area (Å²) in [4.78, 5) is 0.368. The highest BCUT2D eigenvalue weighted by Crippen LogP contribution is 2.18. The number of nitrogens with one attached hydrogen (secondary N) is 1. The van der Waals surface area contributed by atoms with Gasteiger partial charge in [-0.1, -0.05) is 26.0 Å². The van der Waals surface area contributed by atoms with Crippen LogP contribution in [0.2, 0.25) is 0 Å². The number of sulfonamides is 1. The minimum atomic E-state index is -3.38. The first kappa shape index (κ1) is 17.1. The summed E-state index contributed by atoms with van der Waals surface area (Å²) in [6.45, 7) is 10.00. The summed E-state index contributed by atoms with van der Waals surface area (Å²) in [6.07, 6.45) is 1.09. The molecule has 0 atom stereocenters. The molecular formula is C15H26N2O2S. The van der Waals surface area contributed by atoms with Crippen molar-refractivity contribution in [2.45, 2.75) is 51.6 Å². The van der Waals surface area contributed by atoms with Gasteiger partial charge in [0.1, 0.15) is 0 Å². The first-order valence-electron chi connectivity index (χ1n) is 7.25. The highest BCUT2D eigenvalue weighted by atomic mass is 32.2. The molecule has 0 amide bonds. The van der Waals surface area contributed by atoms with Gasteiger partial charge in [0.15, 0.2) is 0 Å². The van der Waals surface area contributed by atoms with E-state index in [1.165, 1.54) is 4.31 Å². The Kier molecular flexibility index (Phi) is 6.65. The zero-order valence-corrected chi connectivity index (χ0v) is 13.7. The Morgan fingerprint density at radius 2 is 1.75 bits per heavy atom. The molecule has 0 radical (unpaired) electrons. The van der Waals surface area contributed by atoms with Gasteiger partial charge in [0, 0.05) is 19.1 Å². The first-order valence-corrected chi connectivity index (χ1v) is 8.69. The third kappa shape index (κ3) is 4.30. The SMILES string of the molecule is CCCNCc1ccc(S(=O)(=O)N(CC)C(C)C)cc1. The molecule has 5 heteroatoms. The van der Waals surface area contributed by atoms with Crippen molar-refractivity contribution in [1.29, 1.82) is 0 Å². The molecule has 114 valence electrons. The number of hydrogen-bond acceptors (Lipinski definition) is 3. The van der Waals surface area contributed by atoms with Crippen molar-refractivity contribution in [1.82, 2.24) is 9.62 Å². The monoisotopic (exact) mass is 298 g/mol. The van der Waals surface area contributed by atoms with Crippen molar-refractivity contribution in [2.75, 3.05) is 13.1 Å². The molecule has 1 aromatic carbocycles. The second-order valence-corrected chi connectivity index (χ2v) is 7.01. The lowest BCUT2D eigenvalue weighted by Gasteiger charge is -2.24. The van der Waals surface area contributed by atoms with Crippen LogP contribution in [0.3, 0.4) is 0 Å². The second-order valence-electron chi connectivity index (χ2n) is 5.12. The molecule has 0 bridgehead atoms. The van der Waals surface area contributed by atoms with Crippen LogP contribution in [0.4, 0.5) is 0 Å². The van der Waals surface area contributed by atoms with E-state index in [2.05, 4.69) is 12.2 Å². The van der Waals surface area contributed by atoms with Gasteiger partial charge in [-0.25, -0.2) is 8.42 Å². The third-order valence-corrected chi connectivity index (χ3v) is 5.34. The van der Waals surface area contributed by atoms with Crippen molar-refractivity contribution in [2.24, 2.45) is 0 Å². The lowest BCUT2D eigenvalue weighted by atomic mass is 10.2. The molecule has 0 spiro atoms. The molecule has 0 unspecified atom stereocenters. The van der Waals surface area contributed by atoms with E-state index in [-0.39, 0.29) is 6.04 Å². The van der Waals surface area contributed by atoms with E-state index < -0.39 is 10.0 Å². The number of rotatable bonds is 8. The summed E-state index contributed by atoms with van der Waals surface area (Å²) in [7, 11) is -3.38. The topological polar surface area (TPSA) is 49.4 Å². The fourth-order valence-electron chi connectivity index (χ4n) is 2.14. The minimum Gasteiger partial charge on any atom is -0.313 e. The van der Waals surface area contributed by atoms with Gasteiger partial charge in [-0.2, -0.15) is 4.31 Å². The molecule has 0 aliphatic carbocycles. The van der Waals surface area contributed by atoms with E-state index in [1.807, 2.05) is 32.9 Å². The summed E-state index contributed by atoms with van der Waals surface area (Å²) >= 11 is 0. The van der Waals surface area contributed by atoms with Gasteiger partial charge < -0.3 is 5.32 Å². The fraction of sp³-hybridized carbons (Fsp3) is 0.600. The van der Waals surface area contributed by atoms with Gasteiger partial charge in [0.2, 0.25) is 10.0 Å². The maximum atomic E-state index is 12.5. The van der Waals surface area contributed by atoms with E-state index in [4.69, 9.17) is 0 Å². The second kappa shape index (κ2) is 7.76. The Bertz CT molecular complexity index is 495. The zero-order valence-electron chi connectivity index (χ0n) is 12.9. The maximum absolute atomic E-state index is 12.5. The smallest absolute Gasteiger partial charge is 0.243 e. The maximum Gasteiger partial charge on any atom is 0.243 e. The van der Waals surface area contributed by atoms with Gasteiger partial charge in [-0.15, -0.1) is 0 Å². The van der Waals surface area contributed by atoms with E-state index in [0.717, 1.165) is 25.1 Å². The molecule has 0 aromatic heterocycles. The molecule has 1 N–H and O–H groups in total. The van der Waals surface area contributed by atoms with Crippen LogP contribution in [0.1, 0.15) is 39.7 Å². The third-order valence-electron chi connectivity index (χ3n) is 3.17. The van der Waals surface area contributed by atoms with Crippen LogP contribution >= 0.6 is 0 Å². The lowest BCUT2D eigenvalue weighted by molar-refractivity contribution is 0.369. The molecular weight excluding hydrogens is 272 g/mol. The standard InChI is InChI=1S/C15H26N2O2S/c1-5-11-16-12-14-7-9-15(10-8-14)20(18,19)17(6-2)13(3)4/h7-10,13,16H,5-6,11-12H2,1-4H3. The lowest BCUT2D eigenvalue weighted by Crippen LogP contribution is -2.36. The van der Waals surface area contributed by atoms with Crippen LogP contribution < -0.4 is 5.32 Å². The van der Waals surface area contributed by atoms with Gasteiger partial charge >= 0.3 is 0 Å². The van der Waals surface area contributed by atoms with Gasteiger partial charge in [0.25, 0.3) is 0 Å². The van der Waals surface area contributed by atoms with Crippen LogP contribution in [0.25, 0.3) is 0 Å². The molecule has 0 saturated carbocycles. The Balaban J connectivity index is 2.86. The Morgan fingerprint density at radius 3 is 2.20 bits per heavy atom. The molecule has 1 aromatic rings. The molecule has 0 heterocycles. The first-order chi connectivity index (χ1) is 9.43. The van der Waals surface area contributed by atoms with E-state index in [9.17, 15) is 8.42 Å². The van der Waals surface area contributed by atoms with Crippen molar-refractivity contribution >= 4 is 10.0 Å². The summed E-state index contributed by atoms with van der Waals surface area (Å²) in [6, 6.07) is 7.12. The average Bonchev–Trinajstić information content (AvgIpc) is 2.39. The van der Waals surface area contributed by atoms with Crippen LogP contribution in [-0.2, 0) is 16.6 Å². The van der Waals surface area contributed by atoms with Crippen molar-refractivity contribution in [3.05, 3.63) is 29.8 Å². The van der Waals surface area contributed by atoms with Crippen LogP contribution in [0, 0.1) is 0 Å². The highest BCUT2D eigenvalue weighted by Gasteiger charge is 2.25. The van der Waals surface area contributed by atoms with E-state index in [0.29, 0.717) is 11.4 Å². The van der Waals surface area contributed by atoms with E-state index in [1.54, 1.807) is 12.1 Å². The molecule has 0 fully saturated rings. The number of hydrogen-bond donors (Lipinski definition) is 1. The fourth-order valence-corrected chi connectivity index (χ4v) is 3.78. The summed E-state index contributed by atoms with van der Waals surface area (Å²) in [5.74, 6) is 0. The van der Waals surface area contributed by atoms with Crippen LogP contribution in [0.5, 0.6) is 0 Å². The van der Waals surface area contributed by atoms with Gasteiger partial charge in [-0.3, -0.25) is 0 Å². The Morgan fingerprint density at radius 1 is 1.15 bits per heavy atom. The quantitative estimate of drug-likeness (QED) is 0.751. The van der Waals surface area contributed by atoms with Gasteiger partial charge in [0.05, 0.1) is 4.90 Å².